The molecule has 0 amide bonds. The maximum Gasteiger partial charge on any atom is 0.171 e. The average Bonchev–Trinajstić information content (AvgIpc) is 2.49. The van der Waals surface area contributed by atoms with Gasteiger partial charge in [0.1, 0.15) is 5.75 Å². The molecule has 0 unspecified atom stereocenters. The minimum Gasteiger partial charge on any atom is -0.497 e. The number of ether oxygens (including phenoxy) is 1. The number of hydrogen-bond acceptors (Lipinski definition) is 2. The topological polar surface area (TPSA) is 33.3 Å². The molecular formula is C15H14Br2N2OS. The van der Waals surface area contributed by atoms with Crippen LogP contribution >= 0.6 is 44.1 Å². The van der Waals surface area contributed by atoms with Crippen LogP contribution in [0.5, 0.6) is 5.75 Å². The summed E-state index contributed by atoms with van der Waals surface area (Å²) in [6, 6.07) is 13.9. The number of methoxy groups -OCH3 is 1. The standard InChI is InChI=1S/C15H14Br2N2OS/c1-20-11-7-12(16)14(13(17)8-11)19-15(21)18-9-10-5-3-2-4-6-10/h2-8H,9H2,1H3,(H2,18,19,21). The number of hydrogen-bond donors (Lipinski definition) is 2. The summed E-state index contributed by atoms with van der Waals surface area (Å²) in [5.41, 5.74) is 2.04. The Balaban J connectivity index is 2.00. The Bertz CT molecular complexity index is 612. The molecular weight excluding hydrogens is 416 g/mol. The van der Waals surface area contributed by atoms with E-state index in [1.807, 2.05) is 30.3 Å². The Morgan fingerprint density at radius 3 is 2.33 bits per heavy atom. The second-order valence-corrected chi connectivity index (χ2v) is 6.38. The highest BCUT2D eigenvalue weighted by atomic mass is 79.9. The van der Waals surface area contributed by atoms with Gasteiger partial charge < -0.3 is 15.4 Å². The Morgan fingerprint density at radius 1 is 1.14 bits per heavy atom. The summed E-state index contributed by atoms with van der Waals surface area (Å²) in [6.45, 7) is 0.679. The third-order valence-electron chi connectivity index (χ3n) is 2.79. The lowest BCUT2D eigenvalue weighted by atomic mass is 10.2. The first-order valence-corrected chi connectivity index (χ1v) is 8.21. The quantitative estimate of drug-likeness (QED) is 0.689. The lowest BCUT2D eigenvalue weighted by Gasteiger charge is -2.14. The van der Waals surface area contributed by atoms with E-state index in [9.17, 15) is 0 Å². The number of nitrogens with one attached hydrogen (secondary N) is 2. The molecule has 6 heteroatoms. The Morgan fingerprint density at radius 2 is 1.76 bits per heavy atom. The zero-order chi connectivity index (χ0) is 15.2. The van der Waals surface area contributed by atoms with E-state index in [0.717, 1.165) is 20.4 Å². The molecule has 3 nitrogen and oxygen atoms in total. The van der Waals surface area contributed by atoms with Crippen molar-refractivity contribution in [3.05, 3.63) is 57.0 Å². The van der Waals surface area contributed by atoms with Crippen molar-refractivity contribution in [3.8, 4) is 5.75 Å². The number of benzene rings is 2. The van der Waals surface area contributed by atoms with Crippen molar-refractivity contribution >= 4 is 54.9 Å². The Kier molecular flexibility index (Phi) is 6.02. The first-order valence-electron chi connectivity index (χ1n) is 6.22. The summed E-state index contributed by atoms with van der Waals surface area (Å²) in [5.74, 6) is 0.766. The van der Waals surface area contributed by atoms with E-state index in [2.05, 4.69) is 54.6 Å². The summed E-state index contributed by atoms with van der Waals surface area (Å²) in [4.78, 5) is 0. The average molecular weight is 430 g/mol. The van der Waals surface area contributed by atoms with Crippen molar-refractivity contribution in [2.45, 2.75) is 6.54 Å². The molecule has 0 atom stereocenters. The van der Waals surface area contributed by atoms with E-state index >= 15 is 0 Å². The monoisotopic (exact) mass is 428 g/mol. The van der Waals surface area contributed by atoms with Crippen LogP contribution in [0.4, 0.5) is 5.69 Å². The maximum atomic E-state index is 5.32. The third kappa shape index (κ3) is 4.69. The van der Waals surface area contributed by atoms with Gasteiger partial charge in [0, 0.05) is 15.5 Å². The van der Waals surface area contributed by atoms with Crippen LogP contribution in [-0.4, -0.2) is 12.2 Å². The van der Waals surface area contributed by atoms with Crippen LogP contribution in [-0.2, 0) is 6.54 Å². The fraction of sp³-hybridized carbons (Fsp3) is 0.133. The Hall–Kier alpha value is -1.11. The van der Waals surface area contributed by atoms with Crippen molar-refractivity contribution in [2.75, 3.05) is 12.4 Å². The van der Waals surface area contributed by atoms with E-state index in [4.69, 9.17) is 17.0 Å². The maximum absolute atomic E-state index is 5.32. The van der Waals surface area contributed by atoms with Crippen LogP contribution in [0.2, 0.25) is 0 Å². The molecule has 0 saturated carbocycles. The molecule has 2 rings (SSSR count). The van der Waals surface area contributed by atoms with Crippen LogP contribution in [0.3, 0.4) is 0 Å². The van der Waals surface area contributed by atoms with Crippen LogP contribution in [0.1, 0.15) is 5.56 Å². The summed E-state index contributed by atoms with van der Waals surface area (Å²) < 4.78 is 6.95. The van der Waals surface area contributed by atoms with E-state index in [1.54, 1.807) is 7.11 Å². The van der Waals surface area contributed by atoms with Gasteiger partial charge >= 0.3 is 0 Å². The van der Waals surface area contributed by atoms with Gasteiger partial charge in [0.05, 0.1) is 12.8 Å². The van der Waals surface area contributed by atoms with Gasteiger partial charge in [-0.2, -0.15) is 0 Å². The van der Waals surface area contributed by atoms with Crippen molar-refractivity contribution in [3.63, 3.8) is 0 Å². The van der Waals surface area contributed by atoms with Crippen molar-refractivity contribution < 1.29 is 4.74 Å². The van der Waals surface area contributed by atoms with Crippen LogP contribution in [0.15, 0.2) is 51.4 Å². The fourth-order valence-corrected chi connectivity index (χ4v) is 3.24. The minimum absolute atomic E-state index is 0.561. The molecule has 2 N–H and O–H groups in total. The number of thiocarbonyl (C=S) groups is 1. The van der Waals surface area contributed by atoms with E-state index in [1.165, 1.54) is 5.56 Å². The lowest BCUT2D eigenvalue weighted by Crippen LogP contribution is -2.28. The predicted molar refractivity (Wildman–Crippen MR) is 97.9 cm³/mol. The highest BCUT2D eigenvalue weighted by Crippen LogP contribution is 2.35. The molecule has 0 aliphatic heterocycles. The normalized spacial score (nSPS) is 10.0. The lowest BCUT2D eigenvalue weighted by molar-refractivity contribution is 0.414. The second-order valence-electron chi connectivity index (χ2n) is 4.26. The molecule has 0 radical (unpaired) electrons. The highest BCUT2D eigenvalue weighted by molar-refractivity contribution is 9.11. The zero-order valence-electron chi connectivity index (χ0n) is 11.3. The third-order valence-corrected chi connectivity index (χ3v) is 4.28. The molecule has 0 bridgehead atoms. The van der Waals surface area contributed by atoms with Gasteiger partial charge in [0.2, 0.25) is 0 Å². The smallest absolute Gasteiger partial charge is 0.171 e. The molecule has 0 saturated heterocycles. The van der Waals surface area contributed by atoms with E-state index in [0.29, 0.717) is 11.7 Å². The largest absolute Gasteiger partial charge is 0.497 e. The minimum atomic E-state index is 0.561. The van der Waals surface area contributed by atoms with Crippen molar-refractivity contribution in [1.29, 1.82) is 0 Å². The first-order chi connectivity index (χ1) is 10.1. The number of halogens is 2. The van der Waals surface area contributed by atoms with Gasteiger partial charge in [-0.05, 0) is 61.8 Å². The number of anilines is 1. The fourth-order valence-electron chi connectivity index (χ4n) is 1.72. The van der Waals surface area contributed by atoms with Gasteiger partial charge in [-0.3, -0.25) is 0 Å². The van der Waals surface area contributed by atoms with Crippen LogP contribution in [0, 0.1) is 0 Å². The van der Waals surface area contributed by atoms with Gasteiger partial charge in [-0.25, -0.2) is 0 Å². The molecule has 0 fully saturated rings. The summed E-state index contributed by atoms with van der Waals surface area (Å²) in [5, 5.41) is 6.91. The SMILES string of the molecule is COc1cc(Br)c(NC(=S)NCc2ccccc2)c(Br)c1. The molecule has 0 spiro atoms. The van der Waals surface area contributed by atoms with Gasteiger partial charge in [0.15, 0.2) is 5.11 Å². The van der Waals surface area contributed by atoms with Crippen LogP contribution < -0.4 is 15.4 Å². The van der Waals surface area contributed by atoms with Gasteiger partial charge in [-0.1, -0.05) is 30.3 Å². The molecule has 2 aromatic carbocycles. The molecule has 0 aliphatic carbocycles. The highest BCUT2D eigenvalue weighted by Gasteiger charge is 2.09. The number of rotatable bonds is 4. The zero-order valence-corrected chi connectivity index (χ0v) is 15.3. The predicted octanol–water partition coefficient (Wildman–Crippen LogP) is 4.71. The molecule has 110 valence electrons. The van der Waals surface area contributed by atoms with Crippen molar-refractivity contribution in [1.82, 2.24) is 5.32 Å². The molecule has 2 aromatic rings. The van der Waals surface area contributed by atoms with Crippen molar-refractivity contribution in [2.24, 2.45) is 0 Å². The van der Waals surface area contributed by atoms with E-state index < -0.39 is 0 Å². The molecule has 21 heavy (non-hydrogen) atoms. The van der Waals surface area contributed by atoms with E-state index in [-0.39, 0.29) is 0 Å². The molecule has 0 aliphatic rings. The first kappa shape index (κ1) is 16.3. The summed E-state index contributed by atoms with van der Waals surface area (Å²) in [6.07, 6.45) is 0. The molecule has 0 aromatic heterocycles. The molecule has 0 heterocycles. The van der Waals surface area contributed by atoms with Gasteiger partial charge in [0.25, 0.3) is 0 Å². The Labute approximate surface area is 146 Å². The van der Waals surface area contributed by atoms with Crippen LogP contribution in [0.25, 0.3) is 0 Å². The summed E-state index contributed by atoms with van der Waals surface area (Å²) >= 11 is 12.3. The summed E-state index contributed by atoms with van der Waals surface area (Å²) in [7, 11) is 1.63. The second kappa shape index (κ2) is 7.77. The van der Waals surface area contributed by atoms with Gasteiger partial charge in [-0.15, -0.1) is 0 Å².